The Labute approximate surface area is 178 Å². The maximum absolute atomic E-state index is 12.5. The van der Waals surface area contributed by atoms with Crippen molar-refractivity contribution in [1.82, 2.24) is 14.8 Å². The number of carbonyl (C=O) groups is 1. The second kappa shape index (κ2) is 8.51. The fourth-order valence-electron chi connectivity index (χ4n) is 3.33. The van der Waals surface area contributed by atoms with Gasteiger partial charge >= 0.3 is 5.97 Å². The molecule has 0 radical (unpaired) electrons. The number of aromatic nitrogens is 3. The van der Waals surface area contributed by atoms with Crippen molar-refractivity contribution in [3.63, 3.8) is 0 Å². The minimum absolute atomic E-state index is 0.324. The number of benzene rings is 2. The number of nitrogens with zero attached hydrogens (tertiary/aromatic N) is 3. The average Bonchev–Trinajstić information content (AvgIpc) is 3.29. The summed E-state index contributed by atoms with van der Waals surface area (Å²) in [6.07, 6.45) is 0. The van der Waals surface area contributed by atoms with Crippen LogP contribution in [0, 0.1) is 13.8 Å². The van der Waals surface area contributed by atoms with E-state index < -0.39 is 0 Å². The topological polar surface area (TPSA) is 72.3 Å². The molecule has 0 atom stereocenters. The minimum atomic E-state index is -0.340. The minimum Gasteiger partial charge on any atom is -0.462 e. The zero-order chi connectivity index (χ0) is 21.1. The first-order valence-corrected chi connectivity index (χ1v) is 10.5. The van der Waals surface area contributed by atoms with Crippen LogP contribution in [-0.2, 0) is 4.74 Å². The van der Waals surface area contributed by atoms with Crippen LogP contribution in [0.15, 0.2) is 65.7 Å². The van der Waals surface area contributed by atoms with Gasteiger partial charge in [0.2, 0.25) is 0 Å². The molecule has 0 fully saturated rings. The maximum atomic E-state index is 12.5. The summed E-state index contributed by atoms with van der Waals surface area (Å²) in [6.45, 7) is 6.01. The van der Waals surface area contributed by atoms with Crippen molar-refractivity contribution in [2.45, 2.75) is 20.8 Å². The lowest BCUT2D eigenvalue weighted by Crippen LogP contribution is -2.14. The zero-order valence-electron chi connectivity index (χ0n) is 17.0. The van der Waals surface area contributed by atoms with E-state index in [1.165, 1.54) is 11.3 Å². The number of H-pyrrole nitrogens is 1. The molecule has 0 unspecified atom stereocenters. The van der Waals surface area contributed by atoms with Crippen LogP contribution < -0.4 is 4.80 Å². The summed E-state index contributed by atoms with van der Waals surface area (Å²) >= 11 is 1.30. The maximum Gasteiger partial charge on any atom is 0.350 e. The van der Waals surface area contributed by atoms with Crippen molar-refractivity contribution in [3.05, 3.63) is 81.7 Å². The SMILES string of the molecule is CCOC(=O)c1sc(=Nc2n[nH]c(C)c2-c2ccccc2)n(-c2ccccc2)c1C. The van der Waals surface area contributed by atoms with Crippen LogP contribution in [0.5, 0.6) is 0 Å². The van der Waals surface area contributed by atoms with E-state index in [2.05, 4.69) is 10.2 Å². The number of ether oxygens (including phenoxy) is 1. The molecular weight excluding hydrogens is 396 g/mol. The van der Waals surface area contributed by atoms with E-state index in [0.29, 0.717) is 22.1 Å². The van der Waals surface area contributed by atoms with Crippen LogP contribution in [0.2, 0.25) is 0 Å². The standard InChI is InChI=1S/C23H22N4O2S/c1-4-29-22(28)20-16(3)27(18-13-9-6-10-14-18)23(30-20)24-21-19(15(2)25-26-21)17-11-7-5-8-12-17/h5-14H,4H2,1-3H3,(H,25,26). The number of rotatable bonds is 5. The van der Waals surface area contributed by atoms with Gasteiger partial charge in [-0.2, -0.15) is 10.1 Å². The van der Waals surface area contributed by atoms with Crippen LogP contribution in [0.4, 0.5) is 5.82 Å². The Kier molecular flexibility index (Phi) is 5.63. The highest BCUT2D eigenvalue weighted by Gasteiger charge is 2.20. The number of hydrogen-bond donors (Lipinski definition) is 1. The van der Waals surface area contributed by atoms with Crippen molar-refractivity contribution in [2.75, 3.05) is 6.61 Å². The molecule has 6 nitrogen and oxygen atoms in total. The molecule has 0 aliphatic rings. The lowest BCUT2D eigenvalue weighted by molar-refractivity contribution is 0.0531. The molecule has 2 heterocycles. The highest BCUT2D eigenvalue weighted by atomic mass is 32.1. The van der Waals surface area contributed by atoms with Gasteiger partial charge in [-0.1, -0.05) is 59.9 Å². The molecule has 0 amide bonds. The summed E-state index contributed by atoms with van der Waals surface area (Å²) in [4.78, 5) is 18.6. The second-order valence-corrected chi connectivity index (χ2v) is 7.69. The van der Waals surface area contributed by atoms with Crippen molar-refractivity contribution >= 4 is 23.1 Å². The molecule has 0 saturated heterocycles. The third kappa shape index (κ3) is 3.71. The quantitative estimate of drug-likeness (QED) is 0.466. The number of aryl methyl sites for hydroxylation is 1. The molecule has 2 aromatic carbocycles. The Hall–Kier alpha value is -3.45. The van der Waals surface area contributed by atoms with E-state index in [-0.39, 0.29) is 5.97 Å². The first-order chi connectivity index (χ1) is 14.6. The van der Waals surface area contributed by atoms with E-state index in [9.17, 15) is 4.79 Å². The molecule has 4 aromatic rings. The molecule has 1 N–H and O–H groups in total. The molecule has 0 spiro atoms. The number of thiazole rings is 1. The summed E-state index contributed by atoms with van der Waals surface area (Å²) in [5, 5.41) is 7.47. The smallest absolute Gasteiger partial charge is 0.350 e. The van der Waals surface area contributed by atoms with Crippen LogP contribution in [0.3, 0.4) is 0 Å². The van der Waals surface area contributed by atoms with Crippen LogP contribution in [0.1, 0.15) is 28.0 Å². The highest BCUT2D eigenvalue weighted by molar-refractivity contribution is 7.11. The Morgan fingerprint density at radius 1 is 1.10 bits per heavy atom. The summed E-state index contributed by atoms with van der Waals surface area (Å²) < 4.78 is 7.22. The zero-order valence-corrected chi connectivity index (χ0v) is 17.9. The van der Waals surface area contributed by atoms with Gasteiger partial charge in [0.15, 0.2) is 10.6 Å². The van der Waals surface area contributed by atoms with Crippen molar-refractivity contribution in [1.29, 1.82) is 0 Å². The number of carbonyl (C=O) groups excluding carboxylic acids is 1. The summed E-state index contributed by atoms with van der Waals surface area (Å²) in [5.74, 6) is 0.243. The van der Waals surface area contributed by atoms with Crippen LogP contribution in [-0.4, -0.2) is 27.3 Å². The largest absolute Gasteiger partial charge is 0.462 e. The fraction of sp³-hybridized carbons (Fsp3) is 0.174. The fourth-order valence-corrected chi connectivity index (χ4v) is 4.36. The molecule has 152 valence electrons. The Bertz CT molecular complexity index is 1240. The lowest BCUT2D eigenvalue weighted by Gasteiger charge is -2.07. The van der Waals surface area contributed by atoms with Gasteiger partial charge in [-0.25, -0.2) is 4.79 Å². The number of nitrogens with one attached hydrogen (secondary N) is 1. The Morgan fingerprint density at radius 2 is 1.77 bits per heavy atom. The Balaban J connectivity index is 1.95. The highest BCUT2D eigenvalue weighted by Crippen LogP contribution is 2.31. The van der Waals surface area contributed by atoms with Crippen LogP contribution >= 0.6 is 11.3 Å². The van der Waals surface area contributed by atoms with Gasteiger partial charge < -0.3 is 4.74 Å². The third-order valence-electron chi connectivity index (χ3n) is 4.72. The van der Waals surface area contributed by atoms with E-state index in [1.54, 1.807) is 6.92 Å². The lowest BCUT2D eigenvalue weighted by atomic mass is 10.1. The number of aromatic amines is 1. The molecule has 30 heavy (non-hydrogen) atoms. The average molecular weight is 419 g/mol. The summed E-state index contributed by atoms with van der Waals surface area (Å²) in [5.41, 5.74) is 4.63. The molecule has 7 heteroatoms. The molecule has 0 aliphatic heterocycles. The first-order valence-electron chi connectivity index (χ1n) is 9.70. The molecule has 4 rings (SSSR count). The van der Waals surface area contributed by atoms with Gasteiger partial charge in [0.05, 0.1) is 6.61 Å². The molecule has 0 saturated carbocycles. The Morgan fingerprint density at radius 3 is 2.43 bits per heavy atom. The van der Waals surface area contributed by atoms with E-state index in [1.807, 2.05) is 79.1 Å². The predicted octanol–water partition coefficient (Wildman–Crippen LogP) is 4.95. The van der Waals surface area contributed by atoms with E-state index in [4.69, 9.17) is 9.73 Å². The molecule has 0 bridgehead atoms. The summed E-state index contributed by atoms with van der Waals surface area (Å²) in [6, 6.07) is 19.9. The molecule has 2 aromatic heterocycles. The number of para-hydroxylation sites is 1. The van der Waals surface area contributed by atoms with Crippen molar-refractivity contribution in [3.8, 4) is 16.8 Å². The number of hydrogen-bond acceptors (Lipinski definition) is 5. The van der Waals surface area contributed by atoms with Gasteiger partial charge in [-0.15, -0.1) is 0 Å². The number of esters is 1. The van der Waals surface area contributed by atoms with Gasteiger partial charge in [0.1, 0.15) is 4.88 Å². The monoisotopic (exact) mass is 418 g/mol. The summed E-state index contributed by atoms with van der Waals surface area (Å²) in [7, 11) is 0. The predicted molar refractivity (Wildman–Crippen MR) is 118 cm³/mol. The van der Waals surface area contributed by atoms with E-state index in [0.717, 1.165) is 28.2 Å². The molecular formula is C23H22N4O2S. The van der Waals surface area contributed by atoms with Gasteiger partial charge in [0.25, 0.3) is 0 Å². The molecule has 0 aliphatic carbocycles. The van der Waals surface area contributed by atoms with Gasteiger partial charge in [0, 0.05) is 22.6 Å². The van der Waals surface area contributed by atoms with Gasteiger partial charge in [-0.3, -0.25) is 9.67 Å². The second-order valence-electron chi connectivity index (χ2n) is 6.72. The first kappa shape index (κ1) is 19.8. The van der Waals surface area contributed by atoms with Crippen LogP contribution in [0.25, 0.3) is 16.8 Å². The third-order valence-corrected chi connectivity index (χ3v) is 5.84. The van der Waals surface area contributed by atoms with E-state index >= 15 is 0 Å². The van der Waals surface area contributed by atoms with Gasteiger partial charge in [-0.05, 0) is 38.5 Å². The van der Waals surface area contributed by atoms with Crippen molar-refractivity contribution < 1.29 is 9.53 Å². The van der Waals surface area contributed by atoms with Crippen molar-refractivity contribution in [2.24, 2.45) is 4.99 Å². The normalized spacial score (nSPS) is 11.6.